The van der Waals surface area contributed by atoms with Gasteiger partial charge in [0, 0.05) is 6.20 Å². The second-order valence-corrected chi connectivity index (χ2v) is 5.55. The highest BCUT2D eigenvalue weighted by Gasteiger charge is 2.19. The fourth-order valence-corrected chi connectivity index (χ4v) is 3.22. The molecule has 0 bridgehead atoms. The Morgan fingerprint density at radius 1 is 1.24 bits per heavy atom. The van der Waals surface area contributed by atoms with Crippen molar-refractivity contribution in [2.45, 2.75) is 0 Å². The van der Waals surface area contributed by atoms with Gasteiger partial charge >= 0.3 is 0 Å². The molecule has 2 aliphatic rings. The number of thiophene rings is 1. The molecule has 0 aliphatic carbocycles. The first-order chi connectivity index (χ1) is 10.3. The molecule has 3 heterocycles. The van der Waals surface area contributed by atoms with Crippen molar-refractivity contribution >= 4 is 21.6 Å². The van der Waals surface area contributed by atoms with E-state index in [1.165, 1.54) is 4.68 Å². The van der Waals surface area contributed by atoms with Gasteiger partial charge in [0.25, 0.3) is 5.56 Å². The van der Waals surface area contributed by atoms with Gasteiger partial charge in [0.1, 0.15) is 11.4 Å². The lowest BCUT2D eigenvalue weighted by Crippen LogP contribution is -2.14. The number of pyridine rings is 1. The van der Waals surface area contributed by atoms with Crippen LogP contribution in [0.15, 0.2) is 46.7 Å². The quantitative estimate of drug-likeness (QED) is 0.619. The molecule has 0 radical (unpaired) electrons. The van der Waals surface area contributed by atoms with E-state index in [1.54, 1.807) is 24.6 Å². The van der Waals surface area contributed by atoms with Gasteiger partial charge in [-0.15, -0.1) is 11.3 Å². The van der Waals surface area contributed by atoms with E-state index in [1.807, 2.05) is 35.7 Å². The van der Waals surface area contributed by atoms with E-state index in [0.29, 0.717) is 5.56 Å². The molecular weight excluding hydrogens is 286 g/mol. The van der Waals surface area contributed by atoms with Crippen LogP contribution in [0.4, 0.5) is 0 Å². The minimum absolute atomic E-state index is 0.123. The lowest BCUT2D eigenvalue weighted by molar-refractivity contribution is 0.414. The Bertz CT molecular complexity index is 949. The van der Waals surface area contributed by atoms with Crippen molar-refractivity contribution in [3.8, 4) is 22.7 Å². The Kier molecular flexibility index (Phi) is 2.58. The van der Waals surface area contributed by atoms with Crippen molar-refractivity contribution in [1.29, 1.82) is 0 Å². The Balaban J connectivity index is 1.97. The molecule has 0 atom stereocenters. The number of hydrogen-bond donors (Lipinski definition) is 1. The van der Waals surface area contributed by atoms with E-state index in [4.69, 9.17) is 4.74 Å². The predicted octanol–water partition coefficient (Wildman–Crippen LogP) is 2.89. The minimum atomic E-state index is -0.123. The fraction of sp³-hybridized carbons (Fsp3) is 0.0667. The summed E-state index contributed by atoms with van der Waals surface area (Å²) >= 11 is 1.57. The summed E-state index contributed by atoms with van der Waals surface area (Å²) in [5.41, 5.74) is 2.93. The molecule has 5 nitrogen and oxygen atoms in total. The number of fused-ring (bicyclic) bond motifs is 3. The first-order valence-corrected chi connectivity index (χ1v) is 7.28. The van der Waals surface area contributed by atoms with E-state index in [0.717, 1.165) is 27.3 Å². The largest absolute Gasteiger partial charge is 0.497 e. The molecule has 0 spiro atoms. The highest BCUT2D eigenvalue weighted by molar-refractivity contribution is 7.17. The standard InChI is InChI=1S/C15H11N3O2S/c1-20-10-4-2-9(3-5-10)18-15(19)11-8-16-12-6-7-21-14(12)13(11)17-18/h2-8,16H,1H3. The van der Waals surface area contributed by atoms with Gasteiger partial charge in [0.2, 0.25) is 0 Å². The molecule has 0 amide bonds. The van der Waals surface area contributed by atoms with Crippen molar-refractivity contribution in [1.82, 2.24) is 14.8 Å². The number of ether oxygens (including phenoxy) is 1. The van der Waals surface area contributed by atoms with Crippen LogP contribution < -0.4 is 10.3 Å². The highest BCUT2D eigenvalue weighted by Crippen LogP contribution is 2.30. The van der Waals surface area contributed by atoms with Gasteiger partial charge in [-0.2, -0.15) is 9.78 Å². The van der Waals surface area contributed by atoms with Crippen LogP contribution in [0.5, 0.6) is 5.75 Å². The first-order valence-electron chi connectivity index (χ1n) is 6.40. The maximum Gasteiger partial charge on any atom is 0.282 e. The van der Waals surface area contributed by atoms with E-state index >= 15 is 0 Å². The monoisotopic (exact) mass is 297 g/mol. The summed E-state index contributed by atoms with van der Waals surface area (Å²) in [6.45, 7) is 0. The maximum atomic E-state index is 12.5. The van der Waals surface area contributed by atoms with Crippen molar-refractivity contribution in [3.05, 3.63) is 52.3 Å². The minimum Gasteiger partial charge on any atom is -0.497 e. The molecule has 21 heavy (non-hydrogen) atoms. The van der Waals surface area contributed by atoms with Crippen LogP contribution in [0.3, 0.4) is 0 Å². The Labute approximate surface area is 123 Å². The zero-order chi connectivity index (χ0) is 14.4. The highest BCUT2D eigenvalue weighted by atomic mass is 32.1. The van der Waals surface area contributed by atoms with Crippen LogP contribution in [0.1, 0.15) is 0 Å². The Hall–Kier alpha value is -2.60. The molecule has 6 heteroatoms. The van der Waals surface area contributed by atoms with Crippen LogP contribution in [0.25, 0.3) is 27.2 Å². The number of H-pyrrole nitrogens is 1. The molecule has 0 unspecified atom stereocenters. The third-order valence-electron chi connectivity index (χ3n) is 3.45. The molecular formula is C15H11N3O2S. The summed E-state index contributed by atoms with van der Waals surface area (Å²) in [6, 6.07) is 9.25. The third kappa shape index (κ3) is 1.76. The number of methoxy groups -OCH3 is 1. The maximum absolute atomic E-state index is 12.5. The number of aromatic amines is 1. The van der Waals surface area contributed by atoms with Gasteiger partial charge in [0.05, 0.1) is 28.6 Å². The third-order valence-corrected chi connectivity index (χ3v) is 4.37. The van der Waals surface area contributed by atoms with Crippen molar-refractivity contribution < 1.29 is 4.74 Å². The zero-order valence-corrected chi connectivity index (χ0v) is 12.0. The predicted molar refractivity (Wildman–Crippen MR) is 82.7 cm³/mol. The lowest BCUT2D eigenvalue weighted by Gasteiger charge is -2.01. The molecule has 0 saturated heterocycles. The van der Waals surface area contributed by atoms with Crippen molar-refractivity contribution in [2.24, 2.45) is 0 Å². The molecule has 1 aromatic carbocycles. The zero-order valence-electron chi connectivity index (χ0n) is 11.2. The van der Waals surface area contributed by atoms with E-state index in [-0.39, 0.29) is 5.56 Å². The molecule has 2 aliphatic heterocycles. The van der Waals surface area contributed by atoms with Crippen LogP contribution in [-0.4, -0.2) is 21.9 Å². The number of nitrogens with zero attached hydrogens (tertiary/aromatic N) is 2. The summed E-state index contributed by atoms with van der Waals surface area (Å²) in [7, 11) is 1.61. The molecule has 4 rings (SSSR count). The number of benzene rings is 1. The van der Waals surface area contributed by atoms with Crippen LogP contribution >= 0.6 is 11.3 Å². The Morgan fingerprint density at radius 3 is 2.81 bits per heavy atom. The average Bonchev–Trinajstić information content (AvgIpc) is 3.12. The molecule has 1 N–H and O–H groups in total. The van der Waals surface area contributed by atoms with Crippen molar-refractivity contribution in [2.75, 3.05) is 7.11 Å². The van der Waals surface area contributed by atoms with Gasteiger partial charge in [0.15, 0.2) is 0 Å². The van der Waals surface area contributed by atoms with E-state index < -0.39 is 0 Å². The summed E-state index contributed by atoms with van der Waals surface area (Å²) in [6.07, 6.45) is 1.72. The van der Waals surface area contributed by atoms with Crippen LogP contribution in [-0.2, 0) is 0 Å². The summed E-state index contributed by atoms with van der Waals surface area (Å²) in [4.78, 5) is 15.6. The van der Waals surface area contributed by atoms with Gasteiger partial charge in [-0.25, -0.2) is 0 Å². The lowest BCUT2D eigenvalue weighted by atomic mass is 10.2. The van der Waals surface area contributed by atoms with Gasteiger partial charge < -0.3 is 9.72 Å². The summed E-state index contributed by atoms with van der Waals surface area (Å²) < 4.78 is 7.56. The molecule has 1 aromatic heterocycles. The van der Waals surface area contributed by atoms with E-state index in [2.05, 4.69) is 10.1 Å². The normalized spacial score (nSPS) is 11.3. The topological polar surface area (TPSA) is 59.9 Å². The summed E-state index contributed by atoms with van der Waals surface area (Å²) in [5.74, 6) is 0.747. The molecule has 2 aromatic rings. The first kappa shape index (κ1) is 12.2. The van der Waals surface area contributed by atoms with Crippen molar-refractivity contribution in [3.63, 3.8) is 0 Å². The van der Waals surface area contributed by atoms with Gasteiger partial charge in [-0.1, -0.05) is 0 Å². The molecule has 104 valence electrons. The summed E-state index contributed by atoms with van der Waals surface area (Å²) in [5, 5.41) is 6.48. The number of rotatable bonds is 2. The number of hydrogen-bond acceptors (Lipinski definition) is 4. The van der Waals surface area contributed by atoms with Gasteiger partial charge in [-0.05, 0) is 35.7 Å². The van der Waals surface area contributed by atoms with Crippen LogP contribution in [0, 0.1) is 0 Å². The molecule has 0 fully saturated rings. The SMILES string of the molecule is COc1ccc(-n2nc3c4sccc4[nH]cc-3c2=O)cc1. The van der Waals surface area contributed by atoms with Gasteiger partial charge in [-0.3, -0.25) is 4.79 Å². The second kappa shape index (κ2) is 4.46. The molecule has 0 saturated carbocycles. The Morgan fingerprint density at radius 2 is 2.05 bits per heavy atom. The van der Waals surface area contributed by atoms with E-state index in [9.17, 15) is 4.79 Å². The number of nitrogens with one attached hydrogen (secondary N) is 1. The van der Waals surface area contributed by atoms with Crippen LogP contribution in [0.2, 0.25) is 0 Å². The second-order valence-electron chi connectivity index (χ2n) is 4.63. The average molecular weight is 297 g/mol. The smallest absolute Gasteiger partial charge is 0.282 e. The number of aromatic nitrogens is 3. The fourth-order valence-electron chi connectivity index (χ4n) is 2.37.